The quantitative estimate of drug-likeness (QED) is 0.851. The molecule has 2 heterocycles. The minimum atomic E-state index is -1.08. The number of carbonyl (C=O) groups excluding carboxylic acids is 1. The summed E-state index contributed by atoms with van der Waals surface area (Å²) in [6, 6.07) is 1.25. The van der Waals surface area contributed by atoms with Crippen molar-refractivity contribution in [1.29, 1.82) is 0 Å². The molecule has 1 saturated heterocycles. The van der Waals surface area contributed by atoms with E-state index in [1.807, 2.05) is 4.90 Å². The number of carboxylic acid groups (broad SMARTS) is 1. The van der Waals surface area contributed by atoms with Crippen LogP contribution in [-0.2, 0) is 11.3 Å². The molecule has 0 bridgehead atoms. The number of aromatic carboxylic acids is 1. The normalized spacial score (nSPS) is 20.4. The first-order valence-electron chi connectivity index (χ1n) is 6.35. The van der Waals surface area contributed by atoms with Gasteiger partial charge in [0.25, 0.3) is 0 Å². The number of nitrogens with two attached hydrogens (primary N) is 1. The van der Waals surface area contributed by atoms with E-state index in [1.54, 1.807) is 6.92 Å². The van der Waals surface area contributed by atoms with Gasteiger partial charge in [0.05, 0.1) is 6.04 Å². The van der Waals surface area contributed by atoms with Gasteiger partial charge in [0, 0.05) is 12.1 Å². The first kappa shape index (κ1) is 13.6. The number of aryl methyl sites for hydroxylation is 1. The van der Waals surface area contributed by atoms with Crippen LogP contribution in [0.4, 0.5) is 0 Å². The van der Waals surface area contributed by atoms with Gasteiger partial charge in [-0.3, -0.25) is 9.69 Å². The van der Waals surface area contributed by atoms with E-state index in [0.29, 0.717) is 12.3 Å². The molecule has 6 heteroatoms. The van der Waals surface area contributed by atoms with E-state index in [9.17, 15) is 9.59 Å². The Morgan fingerprint density at radius 1 is 1.53 bits per heavy atom. The Morgan fingerprint density at radius 3 is 2.84 bits per heavy atom. The van der Waals surface area contributed by atoms with Crippen molar-refractivity contribution in [3.63, 3.8) is 0 Å². The van der Waals surface area contributed by atoms with Crippen LogP contribution in [0.2, 0.25) is 0 Å². The van der Waals surface area contributed by atoms with Gasteiger partial charge in [-0.15, -0.1) is 0 Å². The highest BCUT2D eigenvalue weighted by atomic mass is 16.4. The van der Waals surface area contributed by atoms with Gasteiger partial charge in [-0.25, -0.2) is 4.79 Å². The van der Waals surface area contributed by atoms with Crippen LogP contribution in [0, 0.1) is 6.92 Å². The van der Waals surface area contributed by atoms with Crippen LogP contribution in [0.1, 0.15) is 41.1 Å². The molecule has 0 radical (unpaired) electrons. The van der Waals surface area contributed by atoms with Gasteiger partial charge in [-0.2, -0.15) is 0 Å². The van der Waals surface area contributed by atoms with Crippen LogP contribution in [0.3, 0.4) is 0 Å². The Balaban J connectivity index is 2.14. The van der Waals surface area contributed by atoms with Gasteiger partial charge in [0.15, 0.2) is 0 Å². The number of nitrogens with zero attached hydrogens (tertiary/aromatic N) is 1. The van der Waals surface area contributed by atoms with Crippen molar-refractivity contribution in [2.45, 2.75) is 38.8 Å². The molecular weight excluding hydrogens is 248 g/mol. The fourth-order valence-corrected chi connectivity index (χ4v) is 2.50. The minimum absolute atomic E-state index is 0.0693. The molecule has 1 aliphatic heterocycles. The zero-order valence-electron chi connectivity index (χ0n) is 10.9. The molecule has 1 atom stereocenters. The molecule has 1 fully saturated rings. The molecule has 1 unspecified atom stereocenters. The van der Waals surface area contributed by atoms with Crippen molar-refractivity contribution in [3.05, 3.63) is 23.2 Å². The van der Waals surface area contributed by atoms with Gasteiger partial charge in [0.2, 0.25) is 11.7 Å². The molecule has 1 aromatic heterocycles. The van der Waals surface area contributed by atoms with E-state index in [0.717, 1.165) is 31.4 Å². The molecule has 0 spiro atoms. The fraction of sp³-hybridized carbons (Fsp3) is 0.538. The lowest BCUT2D eigenvalue weighted by atomic mass is 10.0. The highest BCUT2D eigenvalue weighted by molar-refractivity contribution is 5.84. The Morgan fingerprint density at radius 2 is 2.26 bits per heavy atom. The summed E-state index contributed by atoms with van der Waals surface area (Å²) in [6.07, 6.45) is 2.78. The van der Waals surface area contributed by atoms with E-state index in [-0.39, 0.29) is 17.7 Å². The lowest BCUT2D eigenvalue weighted by Crippen LogP contribution is -2.47. The maximum Gasteiger partial charge on any atom is 0.371 e. The second-order valence-corrected chi connectivity index (χ2v) is 4.88. The fourth-order valence-electron chi connectivity index (χ4n) is 2.50. The molecule has 0 saturated carbocycles. The lowest BCUT2D eigenvalue weighted by molar-refractivity contribution is -0.124. The number of carbonyl (C=O) groups is 2. The predicted molar refractivity (Wildman–Crippen MR) is 67.6 cm³/mol. The summed E-state index contributed by atoms with van der Waals surface area (Å²) in [5, 5.41) is 8.89. The van der Waals surface area contributed by atoms with Gasteiger partial charge >= 0.3 is 5.97 Å². The Bertz CT molecular complexity index is 495. The third kappa shape index (κ3) is 2.96. The maximum absolute atomic E-state index is 11.4. The number of primary amides is 1. The molecule has 2 rings (SSSR count). The summed E-state index contributed by atoms with van der Waals surface area (Å²) >= 11 is 0. The van der Waals surface area contributed by atoms with Gasteiger partial charge in [0.1, 0.15) is 5.76 Å². The number of carboxylic acids is 1. The molecular formula is C13H18N2O4. The van der Waals surface area contributed by atoms with Crippen LogP contribution < -0.4 is 5.73 Å². The average Bonchev–Trinajstić information content (AvgIpc) is 2.72. The molecule has 3 N–H and O–H groups in total. The van der Waals surface area contributed by atoms with E-state index < -0.39 is 5.97 Å². The van der Waals surface area contributed by atoms with E-state index >= 15 is 0 Å². The lowest BCUT2D eigenvalue weighted by Gasteiger charge is -2.33. The second-order valence-electron chi connectivity index (χ2n) is 4.88. The van der Waals surface area contributed by atoms with Crippen LogP contribution in [0.15, 0.2) is 10.5 Å². The summed E-state index contributed by atoms with van der Waals surface area (Å²) in [7, 11) is 0. The van der Waals surface area contributed by atoms with Crippen LogP contribution in [-0.4, -0.2) is 34.5 Å². The summed E-state index contributed by atoms with van der Waals surface area (Å²) < 4.78 is 5.17. The van der Waals surface area contributed by atoms with Crippen LogP contribution in [0.25, 0.3) is 0 Å². The van der Waals surface area contributed by atoms with Gasteiger partial charge < -0.3 is 15.3 Å². The largest absolute Gasteiger partial charge is 0.475 e. The van der Waals surface area contributed by atoms with Crippen LogP contribution >= 0.6 is 0 Å². The molecule has 0 aromatic carbocycles. The zero-order chi connectivity index (χ0) is 14.0. The molecule has 1 aliphatic rings. The van der Waals surface area contributed by atoms with Crippen molar-refractivity contribution in [1.82, 2.24) is 4.90 Å². The van der Waals surface area contributed by atoms with Crippen molar-refractivity contribution < 1.29 is 19.1 Å². The van der Waals surface area contributed by atoms with Gasteiger partial charge in [-0.1, -0.05) is 6.42 Å². The number of rotatable bonds is 4. The summed E-state index contributed by atoms with van der Waals surface area (Å²) in [5.41, 5.74) is 6.20. The number of furan rings is 1. The molecule has 0 aliphatic carbocycles. The van der Waals surface area contributed by atoms with Crippen LogP contribution in [0.5, 0.6) is 0 Å². The van der Waals surface area contributed by atoms with Crippen molar-refractivity contribution in [2.75, 3.05) is 6.54 Å². The molecule has 19 heavy (non-hydrogen) atoms. The highest BCUT2D eigenvalue weighted by Gasteiger charge is 2.28. The Kier molecular flexibility index (Phi) is 3.90. The Hall–Kier alpha value is -1.82. The first-order valence-corrected chi connectivity index (χ1v) is 6.35. The van der Waals surface area contributed by atoms with Crippen molar-refractivity contribution in [2.24, 2.45) is 5.73 Å². The number of piperidine rings is 1. The maximum atomic E-state index is 11.4. The summed E-state index contributed by atoms with van der Waals surface area (Å²) in [6.45, 7) is 3.02. The Labute approximate surface area is 111 Å². The topological polar surface area (TPSA) is 96.8 Å². The second kappa shape index (κ2) is 5.44. The molecule has 6 nitrogen and oxygen atoms in total. The van der Waals surface area contributed by atoms with E-state index in [4.69, 9.17) is 15.3 Å². The predicted octanol–water partition coefficient (Wildman–Crippen LogP) is 1.13. The number of hydrogen-bond acceptors (Lipinski definition) is 4. The standard InChI is InChI=1S/C13H18N2O4/c1-8-9(6-11(19-8)13(17)18)7-15-5-3-2-4-10(15)12(14)16/h6,10H,2-5,7H2,1H3,(H2,14,16)(H,17,18). The van der Waals surface area contributed by atoms with Gasteiger partial charge in [-0.05, 0) is 32.4 Å². The highest BCUT2D eigenvalue weighted by Crippen LogP contribution is 2.22. The third-order valence-electron chi connectivity index (χ3n) is 3.55. The first-order chi connectivity index (χ1) is 8.99. The summed E-state index contributed by atoms with van der Waals surface area (Å²) in [4.78, 5) is 24.3. The SMILES string of the molecule is Cc1oc(C(=O)O)cc1CN1CCCCC1C(N)=O. The minimum Gasteiger partial charge on any atom is -0.475 e. The van der Waals surface area contributed by atoms with Crippen molar-refractivity contribution >= 4 is 11.9 Å². The average molecular weight is 266 g/mol. The number of likely N-dealkylation sites (tertiary alicyclic amines) is 1. The third-order valence-corrected chi connectivity index (χ3v) is 3.55. The van der Waals surface area contributed by atoms with E-state index in [2.05, 4.69) is 0 Å². The molecule has 104 valence electrons. The van der Waals surface area contributed by atoms with E-state index in [1.165, 1.54) is 6.07 Å². The number of hydrogen-bond donors (Lipinski definition) is 2. The molecule has 1 aromatic rings. The number of amides is 1. The monoisotopic (exact) mass is 266 g/mol. The van der Waals surface area contributed by atoms with Crippen molar-refractivity contribution in [3.8, 4) is 0 Å². The zero-order valence-corrected chi connectivity index (χ0v) is 10.9. The summed E-state index contributed by atoms with van der Waals surface area (Å²) in [5.74, 6) is -0.898. The molecule has 1 amide bonds. The smallest absolute Gasteiger partial charge is 0.371 e.